The number of allylic oxidation sites excluding steroid dienone is 2. The monoisotopic (exact) mass is 221 g/mol. The maximum Gasteiger partial charge on any atom is 0.226 e. The fraction of sp³-hybridized carbons (Fsp3) is 0.786. The van der Waals surface area contributed by atoms with E-state index >= 15 is 0 Å². The molecule has 2 rings (SSSR count). The van der Waals surface area contributed by atoms with Crippen molar-refractivity contribution in [2.45, 2.75) is 39.5 Å². The Hall–Kier alpha value is -0.790. The Bertz CT molecular complexity index is 284. The Morgan fingerprint density at radius 3 is 2.62 bits per heavy atom. The molecule has 0 aromatic carbocycles. The molecule has 0 saturated heterocycles. The Balaban J connectivity index is 1.93. The molecule has 2 aliphatic rings. The van der Waals surface area contributed by atoms with Crippen LogP contribution in [0.15, 0.2) is 12.2 Å². The molecule has 0 radical (unpaired) electrons. The molecule has 16 heavy (non-hydrogen) atoms. The van der Waals surface area contributed by atoms with Crippen molar-refractivity contribution in [2.75, 3.05) is 13.1 Å². The van der Waals surface area contributed by atoms with Crippen LogP contribution < -0.4 is 0 Å². The molecule has 3 unspecified atom stereocenters. The van der Waals surface area contributed by atoms with E-state index in [0.717, 1.165) is 25.9 Å². The van der Waals surface area contributed by atoms with Crippen LogP contribution in [0, 0.1) is 17.8 Å². The van der Waals surface area contributed by atoms with Crippen LogP contribution in [0.2, 0.25) is 0 Å². The Morgan fingerprint density at radius 1 is 1.31 bits per heavy atom. The van der Waals surface area contributed by atoms with Crippen molar-refractivity contribution in [3.8, 4) is 0 Å². The fourth-order valence-corrected chi connectivity index (χ4v) is 3.07. The summed E-state index contributed by atoms with van der Waals surface area (Å²) in [6.45, 7) is 6.09. The van der Waals surface area contributed by atoms with Gasteiger partial charge in [0.25, 0.3) is 0 Å². The largest absolute Gasteiger partial charge is 0.343 e. The van der Waals surface area contributed by atoms with Crippen LogP contribution in [0.3, 0.4) is 0 Å². The molecule has 2 nitrogen and oxygen atoms in total. The van der Waals surface area contributed by atoms with Crippen LogP contribution in [-0.4, -0.2) is 23.9 Å². The normalized spacial score (nSPS) is 31.0. The minimum Gasteiger partial charge on any atom is -0.343 e. The van der Waals surface area contributed by atoms with E-state index in [9.17, 15) is 4.79 Å². The lowest BCUT2D eigenvalue weighted by atomic mass is 9.92. The molecule has 1 fully saturated rings. The average molecular weight is 221 g/mol. The van der Waals surface area contributed by atoms with E-state index in [4.69, 9.17) is 0 Å². The van der Waals surface area contributed by atoms with E-state index < -0.39 is 0 Å². The minimum atomic E-state index is 0.298. The zero-order valence-electron chi connectivity index (χ0n) is 10.5. The van der Waals surface area contributed by atoms with Crippen LogP contribution >= 0.6 is 0 Å². The fourth-order valence-electron chi connectivity index (χ4n) is 3.07. The Kier molecular flexibility index (Phi) is 3.67. The van der Waals surface area contributed by atoms with Crippen molar-refractivity contribution in [1.29, 1.82) is 0 Å². The summed E-state index contributed by atoms with van der Waals surface area (Å²) in [5, 5.41) is 0. The SMILES string of the molecule is CCCCN(CC)C(=O)C1CC2C=CC1C2. The Morgan fingerprint density at radius 2 is 2.12 bits per heavy atom. The summed E-state index contributed by atoms with van der Waals surface area (Å²) in [7, 11) is 0. The van der Waals surface area contributed by atoms with Gasteiger partial charge in [0.1, 0.15) is 0 Å². The number of hydrogen-bond acceptors (Lipinski definition) is 1. The van der Waals surface area contributed by atoms with Gasteiger partial charge in [-0.05, 0) is 38.0 Å². The molecule has 2 aliphatic carbocycles. The highest BCUT2D eigenvalue weighted by molar-refractivity contribution is 5.80. The van der Waals surface area contributed by atoms with Crippen molar-refractivity contribution in [2.24, 2.45) is 17.8 Å². The lowest BCUT2D eigenvalue weighted by Gasteiger charge is -2.27. The number of hydrogen-bond donors (Lipinski definition) is 0. The van der Waals surface area contributed by atoms with E-state index in [2.05, 4.69) is 30.9 Å². The summed E-state index contributed by atoms with van der Waals surface area (Å²) in [6, 6.07) is 0. The second-order valence-corrected chi connectivity index (χ2v) is 5.16. The average Bonchev–Trinajstić information content (AvgIpc) is 2.91. The smallest absolute Gasteiger partial charge is 0.226 e. The molecular weight excluding hydrogens is 198 g/mol. The summed E-state index contributed by atoms with van der Waals surface area (Å²) in [5.41, 5.74) is 0. The second-order valence-electron chi connectivity index (χ2n) is 5.16. The molecule has 0 aromatic rings. The van der Waals surface area contributed by atoms with Crippen LogP contribution in [0.1, 0.15) is 39.5 Å². The molecule has 1 amide bonds. The molecule has 0 aromatic heterocycles. The molecule has 0 aliphatic heterocycles. The van der Waals surface area contributed by atoms with E-state index in [-0.39, 0.29) is 0 Å². The highest BCUT2D eigenvalue weighted by Crippen LogP contribution is 2.44. The summed E-state index contributed by atoms with van der Waals surface area (Å²) < 4.78 is 0. The van der Waals surface area contributed by atoms with Gasteiger partial charge in [-0.1, -0.05) is 25.5 Å². The van der Waals surface area contributed by atoms with Gasteiger partial charge in [0.05, 0.1) is 0 Å². The van der Waals surface area contributed by atoms with Gasteiger partial charge in [0, 0.05) is 19.0 Å². The highest BCUT2D eigenvalue weighted by atomic mass is 16.2. The minimum absolute atomic E-state index is 0.298. The van der Waals surface area contributed by atoms with Crippen molar-refractivity contribution in [1.82, 2.24) is 4.90 Å². The third-order valence-electron chi connectivity index (χ3n) is 4.07. The first-order chi connectivity index (χ1) is 7.76. The Labute approximate surface area is 98.7 Å². The van der Waals surface area contributed by atoms with Crippen molar-refractivity contribution >= 4 is 5.91 Å². The van der Waals surface area contributed by atoms with Gasteiger partial charge >= 0.3 is 0 Å². The highest BCUT2D eigenvalue weighted by Gasteiger charge is 2.40. The molecular formula is C14H23NO. The zero-order chi connectivity index (χ0) is 11.5. The molecule has 0 N–H and O–H groups in total. The van der Waals surface area contributed by atoms with Gasteiger partial charge in [-0.3, -0.25) is 4.79 Å². The van der Waals surface area contributed by atoms with Gasteiger partial charge in [0.15, 0.2) is 0 Å². The molecule has 0 heterocycles. The molecule has 1 saturated carbocycles. The number of nitrogens with zero attached hydrogens (tertiary/aromatic N) is 1. The number of carbonyl (C=O) groups excluding carboxylic acids is 1. The first-order valence-electron chi connectivity index (χ1n) is 6.73. The zero-order valence-corrected chi connectivity index (χ0v) is 10.5. The molecule has 2 heteroatoms. The van der Waals surface area contributed by atoms with Crippen molar-refractivity contribution in [3.63, 3.8) is 0 Å². The maximum atomic E-state index is 12.4. The first kappa shape index (κ1) is 11.7. The molecule has 0 spiro atoms. The van der Waals surface area contributed by atoms with E-state index in [1.54, 1.807) is 0 Å². The maximum absolute atomic E-state index is 12.4. The van der Waals surface area contributed by atoms with E-state index in [1.165, 1.54) is 12.8 Å². The third-order valence-corrected chi connectivity index (χ3v) is 4.07. The van der Waals surface area contributed by atoms with Crippen LogP contribution in [0.4, 0.5) is 0 Å². The van der Waals surface area contributed by atoms with Crippen LogP contribution in [0.25, 0.3) is 0 Å². The molecule has 3 atom stereocenters. The van der Waals surface area contributed by atoms with Crippen molar-refractivity contribution < 1.29 is 4.79 Å². The van der Waals surface area contributed by atoms with Gasteiger partial charge < -0.3 is 4.90 Å². The van der Waals surface area contributed by atoms with E-state index in [1.807, 2.05) is 0 Å². The van der Waals surface area contributed by atoms with Gasteiger partial charge in [-0.2, -0.15) is 0 Å². The van der Waals surface area contributed by atoms with E-state index in [0.29, 0.717) is 23.7 Å². The van der Waals surface area contributed by atoms with Crippen molar-refractivity contribution in [3.05, 3.63) is 12.2 Å². The number of fused-ring (bicyclic) bond motifs is 2. The number of unbranched alkanes of at least 4 members (excludes halogenated alkanes) is 1. The number of amides is 1. The molecule has 2 bridgehead atoms. The third kappa shape index (κ3) is 2.16. The van der Waals surface area contributed by atoms with Crippen LogP contribution in [0.5, 0.6) is 0 Å². The number of carbonyl (C=O) groups is 1. The predicted octanol–water partition coefficient (Wildman–Crippen LogP) is 2.85. The lowest BCUT2D eigenvalue weighted by molar-refractivity contribution is -0.136. The number of rotatable bonds is 5. The summed E-state index contributed by atoms with van der Waals surface area (Å²) >= 11 is 0. The van der Waals surface area contributed by atoms with Gasteiger partial charge in [-0.25, -0.2) is 0 Å². The van der Waals surface area contributed by atoms with Gasteiger partial charge in [0.2, 0.25) is 5.91 Å². The summed E-state index contributed by atoms with van der Waals surface area (Å²) in [5.74, 6) is 1.96. The lowest BCUT2D eigenvalue weighted by Crippen LogP contribution is -2.38. The summed E-state index contributed by atoms with van der Waals surface area (Å²) in [4.78, 5) is 14.4. The first-order valence-corrected chi connectivity index (χ1v) is 6.73. The quantitative estimate of drug-likeness (QED) is 0.654. The molecule has 90 valence electrons. The topological polar surface area (TPSA) is 20.3 Å². The standard InChI is InChI=1S/C14H23NO/c1-3-5-8-15(4-2)14(16)13-10-11-6-7-12(13)9-11/h6-7,11-13H,3-5,8-10H2,1-2H3. The predicted molar refractivity (Wildman–Crippen MR) is 66.0 cm³/mol. The second kappa shape index (κ2) is 5.03. The summed E-state index contributed by atoms with van der Waals surface area (Å²) in [6.07, 6.45) is 9.20. The van der Waals surface area contributed by atoms with Crippen LogP contribution in [-0.2, 0) is 4.79 Å². The van der Waals surface area contributed by atoms with Gasteiger partial charge in [-0.15, -0.1) is 0 Å².